The molecular formula is C12H17O3P. The van der Waals surface area contributed by atoms with Crippen LogP contribution in [0, 0.1) is 6.92 Å². The highest BCUT2D eigenvalue weighted by Crippen LogP contribution is 2.22. The van der Waals surface area contributed by atoms with E-state index in [2.05, 4.69) is 0 Å². The van der Waals surface area contributed by atoms with Crippen molar-refractivity contribution < 1.29 is 14.1 Å². The van der Waals surface area contributed by atoms with Crippen molar-refractivity contribution in [2.45, 2.75) is 19.4 Å². The SMILES string of the molecule is CPOCC[C@@H](OC=O)c1cccc(C)c1. The number of aryl methyl sites for hydroxylation is 1. The summed E-state index contributed by atoms with van der Waals surface area (Å²) in [5, 5.41) is 0. The first-order valence-corrected chi connectivity index (χ1v) is 6.63. The van der Waals surface area contributed by atoms with Crippen molar-refractivity contribution in [2.24, 2.45) is 0 Å². The molecule has 0 N–H and O–H groups in total. The lowest BCUT2D eigenvalue weighted by Gasteiger charge is -2.15. The van der Waals surface area contributed by atoms with Crippen LogP contribution in [0.2, 0.25) is 0 Å². The van der Waals surface area contributed by atoms with E-state index in [1.165, 1.54) is 0 Å². The summed E-state index contributed by atoms with van der Waals surface area (Å²) in [6.45, 7) is 5.11. The molecule has 0 aromatic heterocycles. The highest BCUT2D eigenvalue weighted by atomic mass is 31.1. The van der Waals surface area contributed by atoms with E-state index in [0.29, 0.717) is 28.3 Å². The maximum Gasteiger partial charge on any atom is 0.293 e. The maximum atomic E-state index is 10.4. The van der Waals surface area contributed by atoms with Crippen molar-refractivity contribution in [1.82, 2.24) is 0 Å². The fourth-order valence-corrected chi connectivity index (χ4v) is 1.84. The summed E-state index contributed by atoms with van der Waals surface area (Å²) in [6, 6.07) is 7.98. The molecule has 0 amide bonds. The van der Waals surface area contributed by atoms with Gasteiger partial charge in [0.1, 0.15) is 6.10 Å². The summed E-state index contributed by atoms with van der Waals surface area (Å²) in [5.41, 5.74) is 2.19. The molecule has 1 aromatic carbocycles. The number of carbonyl (C=O) groups excluding carboxylic acids is 1. The number of benzene rings is 1. The molecule has 0 aliphatic carbocycles. The molecule has 0 saturated heterocycles. The molecule has 16 heavy (non-hydrogen) atoms. The molecule has 0 heterocycles. The smallest absolute Gasteiger partial charge is 0.293 e. The first-order chi connectivity index (χ1) is 7.77. The van der Waals surface area contributed by atoms with Crippen LogP contribution in [0.1, 0.15) is 23.7 Å². The lowest BCUT2D eigenvalue weighted by molar-refractivity contribution is -0.134. The fraction of sp³-hybridized carbons (Fsp3) is 0.417. The Morgan fingerprint density at radius 1 is 1.50 bits per heavy atom. The van der Waals surface area contributed by atoms with Gasteiger partial charge in [0.15, 0.2) is 0 Å². The van der Waals surface area contributed by atoms with Gasteiger partial charge >= 0.3 is 0 Å². The monoisotopic (exact) mass is 240 g/mol. The van der Waals surface area contributed by atoms with Crippen LogP contribution in [0.15, 0.2) is 24.3 Å². The van der Waals surface area contributed by atoms with E-state index in [1.54, 1.807) is 0 Å². The second-order valence-corrected chi connectivity index (χ2v) is 4.17. The van der Waals surface area contributed by atoms with Crippen molar-refractivity contribution in [2.75, 3.05) is 13.3 Å². The predicted molar refractivity (Wildman–Crippen MR) is 65.9 cm³/mol. The van der Waals surface area contributed by atoms with Gasteiger partial charge in [0.05, 0.1) is 6.61 Å². The zero-order chi connectivity index (χ0) is 11.8. The summed E-state index contributed by atoms with van der Waals surface area (Å²) in [7, 11) is 0.471. The quantitative estimate of drug-likeness (QED) is 0.417. The highest BCUT2D eigenvalue weighted by Gasteiger charge is 2.12. The minimum atomic E-state index is -0.200. The van der Waals surface area contributed by atoms with Gasteiger partial charge in [-0.25, -0.2) is 0 Å². The third-order valence-corrected chi connectivity index (χ3v) is 2.75. The molecule has 0 spiro atoms. The van der Waals surface area contributed by atoms with Crippen LogP contribution >= 0.6 is 8.81 Å². The van der Waals surface area contributed by atoms with Gasteiger partial charge in [-0.15, -0.1) is 0 Å². The summed E-state index contributed by atoms with van der Waals surface area (Å²) < 4.78 is 10.4. The average molecular weight is 240 g/mol. The third kappa shape index (κ3) is 4.30. The van der Waals surface area contributed by atoms with Crippen LogP contribution in [0.3, 0.4) is 0 Å². The Labute approximate surface area is 98.0 Å². The molecule has 0 fully saturated rings. The van der Waals surface area contributed by atoms with Crippen LogP contribution in [0.25, 0.3) is 0 Å². The fourth-order valence-electron chi connectivity index (χ4n) is 1.52. The van der Waals surface area contributed by atoms with Crippen LogP contribution < -0.4 is 0 Å². The second kappa shape index (κ2) is 7.37. The van der Waals surface area contributed by atoms with Crippen LogP contribution in [0.5, 0.6) is 0 Å². The first-order valence-electron chi connectivity index (χ1n) is 5.22. The Bertz CT molecular complexity index is 328. The Balaban J connectivity index is 2.64. The van der Waals surface area contributed by atoms with Gasteiger partial charge in [0, 0.05) is 15.2 Å². The molecule has 1 aromatic rings. The van der Waals surface area contributed by atoms with E-state index in [4.69, 9.17) is 9.26 Å². The summed E-state index contributed by atoms with van der Waals surface area (Å²) >= 11 is 0. The number of ether oxygens (including phenoxy) is 1. The molecule has 4 heteroatoms. The van der Waals surface area contributed by atoms with E-state index in [9.17, 15) is 4.79 Å². The number of rotatable bonds is 7. The van der Waals surface area contributed by atoms with E-state index in [0.717, 1.165) is 11.1 Å². The normalized spacial score (nSPS) is 12.9. The topological polar surface area (TPSA) is 35.5 Å². The second-order valence-electron chi connectivity index (χ2n) is 3.48. The Morgan fingerprint density at radius 3 is 2.94 bits per heavy atom. The lowest BCUT2D eigenvalue weighted by Crippen LogP contribution is -2.06. The largest absolute Gasteiger partial charge is 0.460 e. The third-order valence-electron chi connectivity index (χ3n) is 2.26. The van der Waals surface area contributed by atoms with Gasteiger partial charge in [-0.2, -0.15) is 0 Å². The molecule has 3 nitrogen and oxygen atoms in total. The van der Waals surface area contributed by atoms with Crippen LogP contribution in [-0.2, 0) is 14.1 Å². The lowest BCUT2D eigenvalue weighted by atomic mass is 10.0. The molecule has 0 saturated carbocycles. The van der Waals surface area contributed by atoms with Gasteiger partial charge in [-0.1, -0.05) is 29.8 Å². The van der Waals surface area contributed by atoms with Crippen molar-refractivity contribution in [1.29, 1.82) is 0 Å². The molecule has 0 bridgehead atoms. The molecule has 0 radical (unpaired) electrons. The number of hydrogen-bond acceptors (Lipinski definition) is 3. The standard InChI is InChI=1S/C12H17O3P/c1-10-4-3-5-11(8-10)12(14-9-13)6-7-15-16-2/h3-5,8-9,12,16H,6-7H2,1-2H3/t12-/m1/s1. The van der Waals surface area contributed by atoms with Gasteiger partial charge < -0.3 is 9.26 Å². The highest BCUT2D eigenvalue weighted by molar-refractivity contribution is 7.31. The Morgan fingerprint density at radius 2 is 2.31 bits per heavy atom. The van der Waals surface area contributed by atoms with Gasteiger partial charge in [-0.3, -0.25) is 4.79 Å². The van der Waals surface area contributed by atoms with Gasteiger partial charge in [0.2, 0.25) is 0 Å². The van der Waals surface area contributed by atoms with Crippen molar-refractivity contribution in [3.05, 3.63) is 35.4 Å². The molecule has 2 atom stereocenters. The van der Waals surface area contributed by atoms with Gasteiger partial charge in [-0.05, 0) is 19.2 Å². The number of carbonyl (C=O) groups is 1. The molecule has 0 aliphatic heterocycles. The Kier molecular flexibility index (Phi) is 6.05. The minimum absolute atomic E-state index is 0.200. The summed E-state index contributed by atoms with van der Waals surface area (Å²) in [4.78, 5) is 10.4. The molecule has 1 rings (SSSR count). The zero-order valence-electron chi connectivity index (χ0n) is 9.60. The minimum Gasteiger partial charge on any atom is -0.460 e. The van der Waals surface area contributed by atoms with Crippen molar-refractivity contribution in [3.8, 4) is 0 Å². The van der Waals surface area contributed by atoms with E-state index < -0.39 is 0 Å². The summed E-state index contributed by atoms with van der Waals surface area (Å²) in [5.74, 6) is 0. The Hall–Kier alpha value is -0.920. The van der Waals surface area contributed by atoms with Crippen LogP contribution in [0.4, 0.5) is 0 Å². The van der Waals surface area contributed by atoms with E-state index in [-0.39, 0.29) is 6.10 Å². The molecule has 1 unspecified atom stereocenters. The summed E-state index contributed by atoms with van der Waals surface area (Å²) in [6.07, 6.45) is 0.497. The first kappa shape index (κ1) is 13.1. The van der Waals surface area contributed by atoms with E-state index in [1.807, 2.05) is 37.9 Å². The average Bonchev–Trinajstić information content (AvgIpc) is 2.28. The predicted octanol–water partition coefficient (Wildman–Crippen LogP) is 2.84. The zero-order valence-corrected chi connectivity index (χ0v) is 10.6. The number of hydrogen-bond donors (Lipinski definition) is 0. The van der Waals surface area contributed by atoms with Crippen molar-refractivity contribution >= 4 is 15.3 Å². The van der Waals surface area contributed by atoms with Crippen molar-refractivity contribution in [3.63, 3.8) is 0 Å². The molecule has 88 valence electrons. The van der Waals surface area contributed by atoms with E-state index >= 15 is 0 Å². The van der Waals surface area contributed by atoms with Gasteiger partial charge in [0.25, 0.3) is 6.47 Å². The molecular weight excluding hydrogens is 223 g/mol. The maximum absolute atomic E-state index is 10.4. The molecule has 0 aliphatic rings. The van der Waals surface area contributed by atoms with Crippen LogP contribution in [-0.4, -0.2) is 19.7 Å².